The van der Waals surface area contributed by atoms with Crippen LogP contribution in [-0.2, 0) is 0 Å². The van der Waals surface area contributed by atoms with Crippen LogP contribution in [0.25, 0.3) is 12.2 Å². The molecule has 1 heteroatoms. The van der Waals surface area contributed by atoms with E-state index in [2.05, 4.69) is 42.3 Å². The molecule has 1 heterocycles. The first-order chi connectivity index (χ1) is 6.86. The van der Waals surface area contributed by atoms with E-state index in [0.717, 1.165) is 5.69 Å². The Kier molecular flexibility index (Phi) is 4.11. The molecule has 0 spiro atoms. The lowest BCUT2D eigenvalue weighted by Crippen LogP contribution is -1.82. The lowest BCUT2D eigenvalue weighted by molar-refractivity contribution is 0.953. The van der Waals surface area contributed by atoms with Crippen LogP contribution in [-0.4, -0.2) is 4.98 Å². The fraction of sp³-hybridized carbons (Fsp3) is 0.308. The molecule has 1 unspecified atom stereocenters. The van der Waals surface area contributed by atoms with Gasteiger partial charge in [0, 0.05) is 6.20 Å². The van der Waals surface area contributed by atoms with Crippen molar-refractivity contribution in [3.8, 4) is 0 Å². The maximum Gasteiger partial charge on any atom is 0.0698 e. The van der Waals surface area contributed by atoms with Crippen LogP contribution in [0.3, 0.4) is 0 Å². The zero-order valence-corrected chi connectivity index (χ0v) is 9.07. The summed E-state index contributed by atoms with van der Waals surface area (Å²) in [5.74, 6) is 0.513. The lowest BCUT2D eigenvalue weighted by atomic mass is 10.1. The fourth-order valence-corrected chi connectivity index (χ4v) is 1.27. The Balaban J connectivity index is 0.000000461. The van der Waals surface area contributed by atoms with Gasteiger partial charge in [0.25, 0.3) is 0 Å². The third-order valence-corrected chi connectivity index (χ3v) is 2.01. The number of fused-ring (bicyclic) bond motifs is 1. The standard InChI is InChI=1S/C11H11N.C2H6/c1-9-4-6-10-3-2-8-12-11(10)7-5-9;1-2/h2-9H,1H3;1-2H3. The summed E-state index contributed by atoms with van der Waals surface area (Å²) in [6.07, 6.45) is 10.4. The molecule has 14 heavy (non-hydrogen) atoms. The van der Waals surface area contributed by atoms with Crippen LogP contribution in [0.15, 0.2) is 30.5 Å². The zero-order valence-electron chi connectivity index (χ0n) is 9.07. The molecule has 2 rings (SSSR count). The number of nitrogens with zero attached hydrogens (tertiary/aromatic N) is 1. The highest BCUT2D eigenvalue weighted by Crippen LogP contribution is 2.16. The van der Waals surface area contributed by atoms with Gasteiger partial charge in [-0.2, -0.15) is 0 Å². The van der Waals surface area contributed by atoms with Gasteiger partial charge in [-0.3, -0.25) is 4.98 Å². The number of hydrogen-bond acceptors (Lipinski definition) is 1. The van der Waals surface area contributed by atoms with Gasteiger partial charge in [0.15, 0.2) is 0 Å². The molecular weight excluding hydrogens is 170 g/mol. The lowest BCUT2D eigenvalue weighted by Gasteiger charge is -1.95. The Labute approximate surface area is 86.2 Å². The Hall–Kier alpha value is -1.37. The molecule has 0 aliphatic heterocycles. The third kappa shape index (κ3) is 2.56. The van der Waals surface area contributed by atoms with Gasteiger partial charge in [0.05, 0.1) is 5.69 Å². The molecule has 0 amide bonds. The predicted molar refractivity (Wildman–Crippen MR) is 62.8 cm³/mol. The van der Waals surface area contributed by atoms with Crippen molar-refractivity contribution in [2.75, 3.05) is 0 Å². The molecule has 0 saturated heterocycles. The van der Waals surface area contributed by atoms with E-state index in [4.69, 9.17) is 0 Å². The van der Waals surface area contributed by atoms with Gasteiger partial charge in [0.1, 0.15) is 0 Å². The van der Waals surface area contributed by atoms with Crippen molar-refractivity contribution >= 4 is 12.2 Å². The van der Waals surface area contributed by atoms with E-state index in [9.17, 15) is 0 Å². The number of hydrogen-bond donors (Lipinski definition) is 0. The van der Waals surface area contributed by atoms with Crippen molar-refractivity contribution < 1.29 is 0 Å². The Morgan fingerprint density at radius 3 is 2.64 bits per heavy atom. The van der Waals surface area contributed by atoms with E-state index in [1.54, 1.807) is 0 Å². The van der Waals surface area contributed by atoms with E-state index < -0.39 is 0 Å². The van der Waals surface area contributed by atoms with Crippen molar-refractivity contribution in [1.82, 2.24) is 4.98 Å². The average Bonchev–Trinajstić information content (AvgIpc) is 2.45. The van der Waals surface area contributed by atoms with Crippen LogP contribution in [0.1, 0.15) is 32.0 Å². The summed E-state index contributed by atoms with van der Waals surface area (Å²) < 4.78 is 0. The van der Waals surface area contributed by atoms with E-state index in [0.29, 0.717) is 5.92 Å². The van der Waals surface area contributed by atoms with E-state index in [-0.39, 0.29) is 0 Å². The van der Waals surface area contributed by atoms with Crippen molar-refractivity contribution in [1.29, 1.82) is 0 Å². The normalized spacial score (nSPS) is 17.8. The molecule has 0 N–H and O–H groups in total. The van der Waals surface area contributed by atoms with Gasteiger partial charge in [-0.25, -0.2) is 0 Å². The number of pyridine rings is 1. The van der Waals surface area contributed by atoms with E-state index >= 15 is 0 Å². The number of aromatic nitrogens is 1. The molecule has 0 radical (unpaired) electrons. The maximum atomic E-state index is 4.28. The summed E-state index contributed by atoms with van der Waals surface area (Å²) in [6, 6.07) is 4.05. The Morgan fingerprint density at radius 1 is 1.14 bits per heavy atom. The van der Waals surface area contributed by atoms with E-state index in [1.165, 1.54) is 5.56 Å². The highest BCUT2D eigenvalue weighted by atomic mass is 14.7. The molecule has 0 aromatic carbocycles. The second-order valence-electron chi connectivity index (χ2n) is 3.06. The van der Waals surface area contributed by atoms with Crippen molar-refractivity contribution in [3.05, 3.63) is 41.7 Å². The summed E-state index contributed by atoms with van der Waals surface area (Å²) in [5.41, 5.74) is 2.27. The molecule has 1 aliphatic rings. The van der Waals surface area contributed by atoms with Crippen LogP contribution in [0, 0.1) is 5.92 Å². The molecule has 0 bridgehead atoms. The molecular formula is C13H17N. The summed E-state index contributed by atoms with van der Waals surface area (Å²) in [6.45, 7) is 6.17. The molecule has 0 saturated carbocycles. The third-order valence-electron chi connectivity index (χ3n) is 2.01. The SMILES string of the molecule is CC.CC1C=Cc2cccnc2C=C1. The summed E-state index contributed by atoms with van der Waals surface area (Å²) in [5, 5.41) is 0. The van der Waals surface area contributed by atoms with E-state index in [1.807, 2.05) is 26.1 Å². The topological polar surface area (TPSA) is 12.9 Å². The van der Waals surface area contributed by atoms with Crippen LogP contribution >= 0.6 is 0 Å². The molecule has 1 nitrogen and oxygen atoms in total. The van der Waals surface area contributed by atoms with Gasteiger partial charge in [-0.05, 0) is 23.6 Å². The van der Waals surface area contributed by atoms with Crippen LogP contribution < -0.4 is 0 Å². The second-order valence-corrected chi connectivity index (χ2v) is 3.06. The van der Waals surface area contributed by atoms with Crippen LogP contribution in [0.5, 0.6) is 0 Å². The molecule has 1 aromatic rings. The second kappa shape index (κ2) is 5.38. The number of rotatable bonds is 0. The first kappa shape index (κ1) is 10.7. The predicted octanol–water partition coefficient (Wildman–Crippen LogP) is 3.78. The maximum absolute atomic E-state index is 4.28. The van der Waals surface area contributed by atoms with Gasteiger partial charge in [-0.1, -0.05) is 45.1 Å². The van der Waals surface area contributed by atoms with Crippen molar-refractivity contribution in [2.24, 2.45) is 5.92 Å². The van der Waals surface area contributed by atoms with Gasteiger partial charge < -0.3 is 0 Å². The van der Waals surface area contributed by atoms with Crippen molar-refractivity contribution in [2.45, 2.75) is 20.8 Å². The molecule has 1 aromatic heterocycles. The largest absolute Gasteiger partial charge is 0.256 e. The minimum Gasteiger partial charge on any atom is -0.256 e. The smallest absolute Gasteiger partial charge is 0.0698 e. The summed E-state index contributed by atoms with van der Waals surface area (Å²) >= 11 is 0. The first-order valence-corrected chi connectivity index (χ1v) is 5.18. The minimum absolute atomic E-state index is 0.513. The Morgan fingerprint density at radius 2 is 1.86 bits per heavy atom. The zero-order chi connectivity index (χ0) is 10.4. The molecule has 1 atom stereocenters. The first-order valence-electron chi connectivity index (χ1n) is 5.18. The van der Waals surface area contributed by atoms with Gasteiger partial charge >= 0.3 is 0 Å². The summed E-state index contributed by atoms with van der Waals surface area (Å²) in [4.78, 5) is 4.28. The van der Waals surface area contributed by atoms with Gasteiger partial charge in [-0.15, -0.1) is 0 Å². The van der Waals surface area contributed by atoms with Crippen LogP contribution in [0.2, 0.25) is 0 Å². The van der Waals surface area contributed by atoms with Gasteiger partial charge in [0.2, 0.25) is 0 Å². The highest BCUT2D eigenvalue weighted by molar-refractivity contribution is 5.64. The molecule has 0 fully saturated rings. The average molecular weight is 187 g/mol. The minimum atomic E-state index is 0.513. The highest BCUT2D eigenvalue weighted by Gasteiger charge is 2.00. The quantitative estimate of drug-likeness (QED) is 0.602. The van der Waals surface area contributed by atoms with Crippen molar-refractivity contribution in [3.63, 3.8) is 0 Å². The molecule has 1 aliphatic carbocycles. The number of allylic oxidation sites excluding steroid dienone is 2. The summed E-state index contributed by atoms with van der Waals surface area (Å²) in [7, 11) is 0. The van der Waals surface area contributed by atoms with Crippen LogP contribution in [0.4, 0.5) is 0 Å². The monoisotopic (exact) mass is 187 g/mol. The molecule has 74 valence electrons. The fourth-order valence-electron chi connectivity index (χ4n) is 1.27. The Bertz CT molecular complexity index is 304.